The van der Waals surface area contributed by atoms with E-state index >= 15 is 0 Å². The number of hydrogen-bond donors (Lipinski definition) is 1. The fourth-order valence-electron chi connectivity index (χ4n) is 0.810. The molecule has 1 N–H and O–H groups in total. The first-order chi connectivity index (χ1) is 6.43. The standard InChI is InChI=1S/C7H8O.C4H4O/c8-6-7-4-2-1-3-5-7;1-2-4-5-3-1/h1-5,8H,6H2;1-4H. The summed E-state index contributed by atoms with van der Waals surface area (Å²) in [5, 5.41) is 8.54. The monoisotopic (exact) mass is 176 g/mol. The molecule has 1 heterocycles. The van der Waals surface area contributed by atoms with Gasteiger partial charge in [0.25, 0.3) is 0 Å². The van der Waals surface area contributed by atoms with Gasteiger partial charge in [0, 0.05) is 0 Å². The molecule has 2 nitrogen and oxygen atoms in total. The second-order valence-electron chi connectivity index (χ2n) is 2.44. The van der Waals surface area contributed by atoms with Gasteiger partial charge in [0.2, 0.25) is 0 Å². The van der Waals surface area contributed by atoms with E-state index in [0.29, 0.717) is 0 Å². The van der Waals surface area contributed by atoms with Crippen LogP contribution in [0.5, 0.6) is 0 Å². The molecule has 0 unspecified atom stereocenters. The zero-order valence-electron chi connectivity index (χ0n) is 7.26. The molecule has 0 atom stereocenters. The van der Waals surface area contributed by atoms with Gasteiger partial charge in [-0.05, 0) is 17.7 Å². The molecule has 0 spiro atoms. The highest BCUT2D eigenvalue weighted by Gasteiger charge is 1.81. The van der Waals surface area contributed by atoms with Crippen LogP contribution in [0.25, 0.3) is 0 Å². The van der Waals surface area contributed by atoms with Crippen molar-refractivity contribution >= 4 is 0 Å². The SMILES string of the molecule is OCc1ccccc1.c1ccoc1. The van der Waals surface area contributed by atoms with Gasteiger partial charge in [0.15, 0.2) is 0 Å². The lowest BCUT2D eigenvalue weighted by Gasteiger charge is -1.89. The topological polar surface area (TPSA) is 33.4 Å². The Morgan fingerprint density at radius 2 is 1.54 bits per heavy atom. The summed E-state index contributed by atoms with van der Waals surface area (Å²) in [5.41, 5.74) is 0.965. The molecule has 13 heavy (non-hydrogen) atoms. The molecule has 0 saturated carbocycles. The summed E-state index contributed by atoms with van der Waals surface area (Å²) in [6.07, 6.45) is 3.25. The second-order valence-corrected chi connectivity index (χ2v) is 2.44. The molecule has 1 aromatic heterocycles. The molecule has 0 amide bonds. The molecule has 2 aromatic rings. The Labute approximate surface area is 77.4 Å². The fourth-order valence-corrected chi connectivity index (χ4v) is 0.810. The van der Waals surface area contributed by atoms with E-state index < -0.39 is 0 Å². The number of benzene rings is 1. The smallest absolute Gasteiger partial charge is 0.0902 e. The Balaban J connectivity index is 0.000000145. The molecular weight excluding hydrogens is 164 g/mol. The van der Waals surface area contributed by atoms with E-state index in [1.165, 1.54) is 0 Å². The number of hydrogen-bond acceptors (Lipinski definition) is 2. The zero-order chi connectivity index (χ0) is 9.36. The minimum absolute atomic E-state index is 0.140. The van der Waals surface area contributed by atoms with Gasteiger partial charge >= 0.3 is 0 Å². The third-order valence-corrected chi connectivity index (χ3v) is 1.45. The zero-order valence-corrected chi connectivity index (χ0v) is 7.26. The molecule has 0 aliphatic rings. The summed E-state index contributed by atoms with van der Waals surface area (Å²) < 4.78 is 4.58. The summed E-state index contributed by atoms with van der Waals surface area (Å²) >= 11 is 0. The summed E-state index contributed by atoms with van der Waals surface area (Å²) in [6.45, 7) is 0.140. The molecule has 0 saturated heterocycles. The van der Waals surface area contributed by atoms with Gasteiger partial charge < -0.3 is 9.52 Å². The van der Waals surface area contributed by atoms with Crippen molar-refractivity contribution in [3.63, 3.8) is 0 Å². The first kappa shape index (κ1) is 9.55. The number of rotatable bonds is 1. The van der Waals surface area contributed by atoms with E-state index in [2.05, 4.69) is 4.42 Å². The highest BCUT2D eigenvalue weighted by atomic mass is 16.3. The van der Waals surface area contributed by atoms with Gasteiger partial charge in [-0.1, -0.05) is 30.3 Å². The van der Waals surface area contributed by atoms with Gasteiger partial charge in [-0.25, -0.2) is 0 Å². The first-order valence-electron chi connectivity index (χ1n) is 4.05. The third kappa shape index (κ3) is 4.13. The minimum atomic E-state index is 0.140. The molecule has 2 rings (SSSR count). The minimum Gasteiger partial charge on any atom is -0.473 e. The van der Waals surface area contributed by atoms with Crippen LogP contribution in [0, 0.1) is 0 Å². The summed E-state index contributed by atoms with van der Waals surface area (Å²) in [4.78, 5) is 0. The Hall–Kier alpha value is -1.54. The average Bonchev–Trinajstić information content (AvgIpc) is 2.77. The summed E-state index contributed by atoms with van der Waals surface area (Å²) in [7, 11) is 0. The summed E-state index contributed by atoms with van der Waals surface area (Å²) in [5.74, 6) is 0. The molecule has 68 valence electrons. The van der Waals surface area contributed by atoms with Gasteiger partial charge in [0.05, 0.1) is 19.1 Å². The van der Waals surface area contributed by atoms with Crippen LogP contribution in [0.2, 0.25) is 0 Å². The van der Waals surface area contributed by atoms with E-state index in [9.17, 15) is 0 Å². The third-order valence-electron chi connectivity index (χ3n) is 1.45. The van der Waals surface area contributed by atoms with E-state index in [1.54, 1.807) is 12.5 Å². The van der Waals surface area contributed by atoms with E-state index in [1.807, 2.05) is 42.5 Å². The number of aliphatic hydroxyl groups is 1. The fraction of sp³-hybridized carbons (Fsp3) is 0.0909. The van der Waals surface area contributed by atoms with E-state index in [4.69, 9.17) is 5.11 Å². The van der Waals surface area contributed by atoms with Gasteiger partial charge in [-0.2, -0.15) is 0 Å². The largest absolute Gasteiger partial charge is 0.473 e. The van der Waals surface area contributed by atoms with Crippen LogP contribution in [-0.4, -0.2) is 5.11 Å². The quantitative estimate of drug-likeness (QED) is 0.724. The van der Waals surface area contributed by atoms with Crippen molar-refractivity contribution in [2.45, 2.75) is 6.61 Å². The molecule has 0 fully saturated rings. The van der Waals surface area contributed by atoms with Crippen molar-refractivity contribution in [3.8, 4) is 0 Å². The van der Waals surface area contributed by atoms with Crippen molar-refractivity contribution in [1.82, 2.24) is 0 Å². The Kier molecular flexibility index (Phi) is 4.43. The second kappa shape index (κ2) is 6.03. The van der Waals surface area contributed by atoms with Crippen LogP contribution in [0.15, 0.2) is 59.4 Å². The van der Waals surface area contributed by atoms with Crippen LogP contribution in [0.3, 0.4) is 0 Å². The van der Waals surface area contributed by atoms with E-state index in [-0.39, 0.29) is 6.61 Å². The van der Waals surface area contributed by atoms with Crippen LogP contribution in [0.4, 0.5) is 0 Å². The van der Waals surface area contributed by atoms with E-state index in [0.717, 1.165) is 5.56 Å². The molecule has 1 aromatic carbocycles. The Bertz CT molecular complexity index is 270. The van der Waals surface area contributed by atoms with Crippen molar-refractivity contribution in [3.05, 3.63) is 60.6 Å². The predicted octanol–water partition coefficient (Wildman–Crippen LogP) is 2.46. The van der Waals surface area contributed by atoms with Crippen molar-refractivity contribution in [2.75, 3.05) is 0 Å². The maximum absolute atomic E-state index is 8.54. The van der Waals surface area contributed by atoms with Crippen molar-refractivity contribution in [1.29, 1.82) is 0 Å². The average molecular weight is 176 g/mol. The first-order valence-corrected chi connectivity index (χ1v) is 4.05. The van der Waals surface area contributed by atoms with Crippen molar-refractivity contribution in [2.24, 2.45) is 0 Å². The normalized spacial score (nSPS) is 8.69. The molecule has 2 heteroatoms. The van der Waals surface area contributed by atoms with Crippen LogP contribution in [-0.2, 0) is 6.61 Å². The Morgan fingerprint density at radius 3 is 1.85 bits per heavy atom. The van der Waals surface area contributed by atoms with Crippen molar-refractivity contribution < 1.29 is 9.52 Å². The highest BCUT2D eigenvalue weighted by molar-refractivity contribution is 5.12. The van der Waals surface area contributed by atoms with Crippen LogP contribution >= 0.6 is 0 Å². The van der Waals surface area contributed by atoms with Crippen LogP contribution < -0.4 is 0 Å². The van der Waals surface area contributed by atoms with Gasteiger partial charge in [-0.15, -0.1) is 0 Å². The lowest BCUT2D eigenvalue weighted by Crippen LogP contribution is -1.77. The molecule has 0 aliphatic heterocycles. The van der Waals surface area contributed by atoms with Gasteiger partial charge in [0.1, 0.15) is 0 Å². The highest BCUT2D eigenvalue weighted by Crippen LogP contribution is 1.95. The summed E-state index contributed by atoms with van der Waals surface area (Å²) in [6, 6.07) is 13.2. The number of furan rings is 1. The lowest BCUT2D eigenvalue weighted by atomic mass is 10.2. The molecule has 0 radical (unpaired) electrons. The lowest BCUT2D eigenvalue weighted by molar-refractivity contribution is 0.282. The Morgan fingerprint density at radius 1 is 0.923 bits per heavy atom. The number of aliphatic hydroxyl groups excluding tert-OH is 1. The maximum Gasteiger partial charge on any atom is 0.0902 e. The predicted molar refractivity (Wildman–Crippen MR) is 51.1 cm³/mol. The maximum atomic E-state index is 8.54. The molecular formula is C11H12O2. The van der Waals surface area contributed by atoms with Crippen LogP contribution in [0.1, 0.15) is 5.56 Å². The van der Waals surface area contributed by atoms with Gasteiger partial charge in [-0.3, -0.25) is 0 Å². The molecule has 0 bridgehead atoms. The molecule has 0 aliphatic carbocycles.